The summed E-state index contributed by atoms with van der Waals surface area (Å²) in [4.78, 5) is 7.34. The monoisotopic (exact) mass is 501 g/mol. The fourth-order valence-corrected chi connectivity index (χ4v) is 3.78. The summed E-state index contributed by atoms with van der Waals surface area (Å²) in [7, 11) is 0. The summed E-state index contributed by atoms with van der Waals surface area (Å²) in [6.07, 6.45) is 2.63. The second-order valence-electron chi connectivity index (χ2n) is 8.33. The Morgan fingerprint density at radius 2 is 1.89 bits per heavy atom. The number of rotatable bonds is 5. The van der Waals surface area contributed by atoms with E-state index in [4.69, 9.17) is 14.5 Å². The van der Waals surface area contributed by atoms with Crippen molar-refractivity contribution in [1.82, 2.24) is 10.2 Å². The van der Waals surface area contributed by atoms with Crippen LogP contribution >= 0.6 is 24.0 Å². The van der Waals surface area contributed by atoms with Crippen LogP contribution in [0.3, 0.4) is 0 Å². The molecule has 0 spiro atoms. The highest BCUT2D eigenvalue weighted by Gasteiger charge is 2.32. The average molecular weight is 501 g/mol. The zero-order valence-corrected chi connectivity index (χ0v) is 20.1. The predicted octanol–water partition coefficient (Wildman–Crippen LogP) is 3.74. The van der Waals surface area contributed by atoms with E-state index in [2.05, 4.69) is 62.2 Å². The van der Waals surface area contributed by atoms with Crippen molar-refractivity contribution in [2.24, 2.45) is 4.99 Å². The standard InChI is InChI=1S/C22H35N3O2.HI/c1-5-23-21(24-16-22(3,4)18-10-8-17(2)9-11-18)25-12-14-27-20(15-25)19-7-6-13-26-19;/h8-11,19-20H,5-7,12-16H2,1-4H3,(H,23,24);1H. The average Bonchev–Trinajstić information content (AvgIpc) is 3.20. The molecular formula is C22H36IN3O2. The number of nitrogens with one attached hydrogen (secondary N) is 1. The molecule has 2 heterocycles. The molecule has 2 atom stereocenters. The largest absolute Gasteiger partial charge is 0.375 e. The molecule has 0 amide bonds. The lowest BCUT2D eigenvalue weighted by molar-refractivity contribution is -0.0817. The third kappa shape index (κ3) is 6.07. The summed E-state index contributed by atoms with van der Waals surface area (Å²) in [5.41, 5.74) is 2.61. The van der Waals surface area contributed by atoms with Gasteiger partial charge in [0.15, 0.2) is 5.96 Å². The number of aliphatic imine (C=N–C) groups is 1. The summed E-state index contributed by atoms with van der Waals surface area (Å²) < 4.78 is 11.8. The Morgan fingerprint density at radius 3 is 2.54 bits per heavy atom. The highest BCUT2D eigenvalue weighted by molar-refractivity contribution is 14.0. The third-order valence-corrected chi connectivity index (χ3v) is 5.56. The molecule has 0 radical (unpaired) electrons. The van der Waals surface area contributed by atoms with E-state index < -0.39 is 0 Å². The lowest BCUT2D eigenvalue weighted by Gasteiger charge is -2.37. The van der Waals surface area contributed by atoms with Gasteiger partial charge in [-0.1, -0.05) is 43.7 Å². The number of nitrogens with zero attached hydrogens (tertiary/aromatic N) is 2. The minimum Gasteiger partial charge on any atom is -0.375 e. The normalized spacial score (nSPS) is 23.4. The van der Waals surface area contributed by atoms with E-state index in [0.29, 0.717) is 0 Å². The van der Waals surface area contributed by atoms with Gasteiger partial charge in [0.1, 0.15) is 6.10 Å². The summed E-state index contributed by atoms with van der Waals surface area (Å²) >= 11 is 0. The highest BCUT2D eigenvalue weighted by atomic mass is 127. The Morgan fingerprint density at radius 1 is 1.18 bits per heavy atom. The van der Waals surface area contributed by atoms with Crippen molar-refractivity contribution in [3.05, 3.63) is 35.4 Å². The molecular weight excluding hydrogens is 465 g/mol. The van der Waals surface area contributed by atoms with Gasteiger partial charge >= 0.3 is 0 Å². The van der Waals surface area contributed by atoms with Gasteiger partial charge in [-0.3, -0.25) is 4.99 Å². The maximum absolute atomic E-state index is 6.00. The van der Waals surface area contributed by atoms with Gasteiger partial charge in [0.2, 0.25) is 0 Å². The van der Waals surface area contributed by atoms with Crippen molar-refractivity contribution in [2.75, 3.05) is 39.4 Å². The zero-order chi connectivity index (χ0) is 19.3. The molecule has 158 valence electrons. The smallest absolute Gasteiger partial charge is 0.194 e. The molecule has 28 heavy (non-hydrogen) atoms. The lowest BCUT2D eigenvalue weighted by atomic mass is 9.84. The highest BCUT2D eigenvalue weighted by Crippen LogP contribution is 2.25. The van der Waals surface area contributed by atoms with Crippen LogP contribution in [-0.2, 0) is 14.9 Å². The van der Waals surface area contributed by atoms with Crippen molar-refractivity contribution in [2.45, 2.75) is 58.2 Å². The van der Waals surface area contributed by atoms with Gasteiger partial charge in [0, 0.05) is 31.7 Å². The first-order chi connectivity index (χ1) is 13.0. The Balaban J connectivity index is 0.00000280. The van der Waals surface area contributed by atoms with Gasteiger partial charge in [-0.25, -0.2) is 0 Å². The molecule has 6 heteroatoms. The Hall–Kier alpha value is -0.860. The van der Waals surface area contributed by atoms with E-state index in [1.165, 1.54) is 11.1 Å². The van der Waals surface area contributed by atoms with E-state index in [1.807, 2.05) is 0 Å². The molecule has 1 N–H and O–H groups in total. The van der Waals surface area contributed by atoms with Crippen molar-refractivity contribution in [1.29, 1.82) is 0 Å². The summed E-state index contributed by atoms with van der Waals surface area (Å²) in [5.74, 6) is 0.990. The van der Waals surface area contributed by atoms with Crippen LogP contribution in [-0.4, -0.2) is 62.5 Å². The van der Waals surface area contributed by atoms with Gasteiger partial charge in [0.05, 0.1) is 19.3 Å². The quantitative estimate of drug-likeness (QED) is 0.380. The number of guanidine groups is 1. The van der Waals surface area contributed by atoms with Crippen LogP contribution in [0, 0.1) is 6.92 Å². The molecule has 0 aliphatic carbocycles. The minimum atomic E-state index is -0.00533. The first-order valence-corrected chi connectivity index (χ1v) is 10.3. The predicted molar refractivity (Wildman–Crippen MR) is 126 cm³/mol. The van der Waals surface area contributed by atoms with E-state index in [-0.39, 0.29) is 41.6 Å². The van der Waals surface area contributed by atoms with E-state index in [1.54, 1.807) is 0 Å². The van der Waals surface area contributed by atoms with E-state index in [9.17, 15) is 0 Å². The molecule has 2 saturated heterocycles. The van der Waals surface area contributed by atoms with E-state index in [0.717, 1.165) is 58.2 Å². The summed E-state index contributed by atoms with van der Waals surface area (Å²) in [6.45, 7) is 13.7. The fourth-order valence-electron chi connectivity index (χ4n) is 3.78. The van der Waals surface area contributed by atoms with Crippen molar-refractivity contribution < 1.29 is 9.47 Å². The topological polar surface area (TPSA) is 46.1 Å². The van der Waals surface area contributed by atoms with Crippen LogP contribution in [0.5, 0.6) is 0 Å². The van der Waals surface area contributed by atoms with Crippen LogP contribution < -0.4 is 5.32 Å². The molecule has 3 rings (SSSR count). The SMILES string of the molecule is CCNC(=NCC(C)(C)c1ccc(C)cc1)N1CCOC(C2CCCO2)C1.I. The van der Waals surface area contributed by atoms with Crippen molar-refractivity contribution >= 4 is 29.9 Å². The lowest BCUT2D eigenvalue weighted by Crippen LogP contribution is -2.53. The van der Waals surface area contributed by atoms with Crippen LogP contribution in [0.1, 0.15) is 44.7 Å². The number of ether oxygens (including phenoxy) is 2. The Labute approximate surface area is 187 Å². The second kappa shape index (κ2) is 10.8. The van der Waals surface area contributed by atoms with Gasteiger partial charge in [-0.15, -0.1) is 24.0 Å². The number of benzene rings is 1. The van der Waals surface area contributed by atoms with Crippen LogP contribution in [0.15, 0.2) is 29.3 Å². The van der Waals surface area contributed by atoms with Crippen LogP contribution in [0.2, 0.25) is 0 Å². The van der Waals surface area contributed by atoms with Crippen molar-refractivity contribution in [3.8, 4) is 0 Å². The molecule has 2 aliphatic heterocycles. The number of hydrogen-bond donors (Lipinski definition) is 1. The van der Waals surface area contributed by atoms with Gasteiger partial charge < -0.3 is 19.7 Å². The molecule has 0 saturated carbocycles. The molecule has 5 nitrogen and oxygen atoms in total. The maximum Gasteiger partial charge on any atom is 0.194 e. The number of morpholine rings is 1. The summed E-state index contributed by atoms with van der Waals surface area (Å²) in [5, 5.41) is 3.48. The zero-order valence-electron chi connectivity index (χ0n) is 17.7. The summed E-state index contributed by atoms with van der Waals surface area (Å²) in [6, 6.07) is 8.81. The second-order valence-corrected chi connectivity index (χ2v) is 8.33. The van der Waals surface area contributed by atoms with Gasteiger partial charge in [-0.05, 0) is 32.3 Å². The number of halogens is 1. The number of aryl methyl sites for hydroxylation is 1. The first kappa shape index (κ1) is 23.4. The minimum absolute atomic E-state index is 0. The number of hydrogen-bond acceptors (Lipinski definition) is 3. The van der Waals surface area contributed by atoms with Crippen molar-refractivity contribution in [3.63, 3.8) is 0 Å². The third-order valence-electron chi connectivity index (χ3n) is 5.56. The maximum atomic E-state index is 6.00. The molecule has 2 fully saturated rings. The molecule has 1 aromatic rings. The Kier molecular flexibility index (Phi) is 9.02. The van der Waals surface area contributed by atoms with Crippen LogP contribution in [0.25, 0.3) is 0 Å². The first-order valence-electron chi connectivity index (χ1n) is 10.3. The molecule has 1 aromatic carbocycles. The molecule has 2 unspecified atom stereocenters. The Bertz CT molecular complexity index is 627. The van der Waals surface area contributed by atoms with Gasteiger partial charge in [-0.2, -0.15) is 0 Å². The molecule has 2 aliphatic rings. The fraction of sp³-hybridized carbons (Fsp3) is 0.682. The van der Waals surface area contributed by atoms with Crippen LogP contribution in [0.4, 0.5) is 0 Å². The van der Waals surface area contributed by atoms with Gasteiger partial charge in [0.25, 0.3) is 0 Å². The molecule has 0 bridgehead atoms. The molecule has 0 aromatic heterocycles. The van der Waals surface area contributed by atoms with E-state index >= 15 is 0 Å².